The molecule has 0 fully saturated rings. The molecule has 0 amide bonds. The van der Waals surface area contributed by atoms with Crippen molar-refractivity contribution in [2.75, 3.05) is 13.7 Å². The highest BCUT2D eigenvalue weighted by Crippen LogP contribution is 2.13. The van der Waals surface area contributed by atoms with Crippen LogP contribution in [0.25, 0.3) is 0 Å². The lowest BCUT2D eigenvalue weighted by Crippen LogP contribution is -2.11. The molecule has 2 rings (SSSR count). The maximum absolute atomic E-state index is 5.60. The van der Waals surface area contributed by atoms with Crippen LogP contribution in [0, 0.1) is 0 Å². The number of benzene rings is 1. The van der Waals surface area contributed by atoms with Crippen LogP contribution in [0.4, 0.5) is 0 Å². The Hall–Kier alpha value is -1.85. The molecule has 0 spiro atoms. The van der Waals surface area contributed by atoms with Crippen molar-refractivity contribution < 1.29 is 14.0 Å². The molecule has 0 saturated heterocycles. The zero-order chi connectivity index (χ0) is 14.2. The van der Waals surface area contributed by atoms with Gasteiger partial charge < -0.3 is 19.3 Å². The molecule has 1 aromatic carbocycles. The Bertz CT molecular complexity index is 508. The lowest BCUT2D eigenvalue weighted by Gasteiger charge is -2.03. The molecule has 0 aliphatic rings. The molecule has 1 N–H and O–H groups in total. The van der Waals surface area contributed by atoms with Gasteiger partial charge in [0.15, 0.2) is 5.76 Å². The van der Waals surface area contributed by atoms with Crippen LogP contribution in [0.3, 0.4) is 0 Å². The van der Waals surface area contributed by atoms with Crippen LogP contribution in [0.1, 0.15) is 23.9 Å². The molecule has 0 atom stereocenters. The molecule has 0 unspecified atom stereocenters. The summed E-state index contributed by atoms with van der Waals surface area (Å²) in [6, 6.07) is 9.71. The molecule has 5 nitrogen and oxygen atoms in total. The molecule has 5 heteroatoms. The standard InChI is InChI=1S/C15H20N2O3/c1-3-16-9-13-8-15(20-17-13)11-19-10-12-4-6-14(18-2)7-5-12/h4-8,16H,3,9-11H2,1-2H3. The second-order valence-corrected chi connectivity index (χ2v) is 4.41. The van der Waals surface area contributed by atoms with E-state index >= 15 is 0 Å². The van der Waals surface area contributed by atoms with Crippen molar-refractivity contribution in [1.29, 1.82) is 0 Å². The molecule has 20 heavy (non-hydrogen) atoms. The number of aromatic nitrogens is 1. The first-order chi connectivity index (χ1) is 9.81. The van der Waals surface area contributed by atoms with Crippen molar-refractivity contribution in [3.63, 3.8) is 0 Å². The van der Waals surface area contributed by atoms with Crippen molar-refractivity contribution >= 4 is 0 Å². The summed E-state index contributed by atoms with van der Waals surface area (Å²) in [6.07, 6.45) is 0. The third-order valence-electron chi connectivity index (χ3n) is 2.84. The largest absolute Gasteiger partial charge is 0.497 e. The maximum Gasteiger partial charge on any atom is 0.162 e. The first-order valence-corrected chi connectivity index (χ1v) is 6.67. The van der Waals surface area contributed by atoms with Gasteiger partial charge in [-0.2, -0.15) is 0 Å². The van der Waals surface area contributed by atoms with Crippen LogP contribution in [0.2, 0.25) is 0 Å². The van der Waals surface area contributed by atoms with Crippen molar-refractivity contribution in [2.45, 2.75) is 26.7 Å². The minimum atomic E-state index is 0.422. The summed E-state index contributed by atoms with van der Waals surface area (Å²) < 4.78 is 15.9. The molecule has 1 heterocycles. The van der Waals surface area contributed by atoms with Gasteiger partial charge in [0.1, 0.15) is 12.4 Å². The van der Waals surface area contributed by atoms with Gasteiger partial charge in [-0.25, -0.2) is 0 Å². The smallest absolute Gasteiger partial charge is 0.162 e. The fraction of sp³-hybridized carbons (Fsp3) is 0.400. The van der Waals surface area contributed by atoms with E-state index in [1.807, 2.05) is 30.3 Å². The molecule has 2 aromatic rings. The normalized spacial score (nSPS) is 10.7. The highest BCUT2D eigenvalue weighted by molar-refractivity contribution is 5.26. The summed E-state index contributed by atoms with van der Waals surface area (Å²) in [5.41, 5.74) is 1.99. The zero-order valence-corrected chi connectivity index (χ0v) is 11.9. The Balaban J connectivity index is 1.75. The number of nitrogens with one attached hydrogen (secondary N) is 1. The molecular weight excluding hydrogens is 256 g/mol. The summed E-state index contributed by atoms with van der Waals surface area (Å²) in [4.78, 5) is 0. The average molecular weight is 276 g/mol. The Morgan fingerprint density at radius 1 is 1.20 bits per heavy atom. The summed E-state index contributed by atoms with van der Waals surface area (Å²) in [6.45, 7) is 4.64. The monoisotopic (exact) mass is 276 g/mol. The van der Waals surface area contributed by atoms with Gasteiger partial charge in [-0.1, -0.05) is 24.2 Å². The van der Waals surface area contributed by atoms with Gasteiger partial charge in [-0.3, -0.25) is 0 Å². The molecule has 0 saturated carbocycles. The van der Waals surface area contributed by atoms with Crippen molar-refractivity contribution in [1.82, 2.24) is 10.5 Å². The van der Waals surface area contributed by atoms with Gasteiger partial charge in [-0.05, 0) is 24.2 Å². The molecule has 0 radical (unpaired) electrons. The van der Waals surface area contributed by atoms with Gasteiger partial charge in [0.25, 0.3) is 0 Å². The number of hydrogen-bond donors (Lipinski definition) is 1. The van der Waals surface area contributed by atoms with E-state index in [1.54, 1.807) is 7.11 Å². The highest BCUT2D eigenvalue weighted by Gasteiger charge is 2.04. The van der Waals surface area contributed by atoms with Crippen LogP contribution in [-0.2, 0) is 24.5 Å². The second-order valence-electron chi connectivity index (χ2n) is 4.41. The van der Waals surface area contributed by atoms with E-state index in [2.05, 4.69) is 17.4 Å². The van der Waals surface area contributed by atoms with E-state index < -0.39 is 0 Å². The van der Waals surface area contributed by atoms with Crippen LogP contribution < -0.4 is 10.1 Å². The minimum Gasteiger partial charge on any atom is -0.497 e. The van der Waals surface area contributed by atoms with Crippen LogP contribution in [-0.4, -0.2) is 18.8 Å². The lowest BCUT2D eigenvalue weighted by molar-refractivity contribution is 0.0883. The molecule has 0 bridgehead atoms. The average Bonchev–Trinajstić information content (AvgIpc) is 2.94. The van der Waals surface area contributed by atoms with Crippen LogP contribution in [0.5, 0.6) is 5.75 Å². The van der Waals surface area contributed by atoms with Gasteiger partial charge in [0.05, 0.1) is 19.4 Å². The van der Waals surface area contributed by atoms with Crippen LogP contribution in [0.15, 0.2) is 34.9 Å². The molecule has 0 aliphatic carbocycles. The summed E-state index contributed by atoms with van der Waals surface area (Å²) >= 11 is 0. The fourth-order valence-electron chi connectivity index (χ4n) is 1.75. The van der Waals surface area contributed by atoms with Gasteiger partial charge >= 0.3 is 0 Å². The number of rotatable bonds is 8. The quantitative estimate of drug-likeness (QED) is 0.803. The minimum absolute atomic E-state index is 0.422. The summed E-state index contributed by atoms with van der Waals surface area (Å²) in [5.74, 6) is 1.59. The van der Waals surface area contributed by atoms with Crippen molar-refractivity contribution in [3.05, 3.63) is 47.3 Å². The lowest BCUT2D eigenvalue weighted by atomic mass is 10.2. The fourth-order valence-corrected chi connectivity index (χ4v) is 1.75. The van der Waals surface area contributed by atoms with Gasteiger partial charge in [0.2, 0.25) is 0 Å². The van der Waals surface area contributed by atoms with E-state index in [9.17, 15) is 0 Å². The van der Waals surface area contributed by atoms with Crippen LogP contribution >= 0.6 is 0 Å². The predicted molar refractivity (Wildman–Crippen MR) is 75.4 cm³/mol. The predicted octanol–water partition coefficient (Wildman–Crippen LogP) is 2.51. The third-order valence-corrected chi connectivity index (χ3v) is 2.84. The van der Waals surface area contributed by atoms with Crippen molar-refractivity contribution in [2.24, 2.45) is 0 Å². The van der Waals surface area contributed by atoms with E-state index in [1.165, 1.54) is 0 Å². The number of hydrogen-bond acceptors (Lipinski definition) is 5. The maximum atomic E-state index is 5.60. The Morgan fingerprint density at radius 2 is 2.00 bits per heavy atom. The highest BCUT2D eigenvalue weighted by atomic mass is 16.5. The SMILES string of the molecule is CCNCc1cc(COCc2ccc(OC)cc2)on1. The number of nitrogens with zero attached hydrogens (tertiary/aromatic N) is 1. The molecule has 0 aliphatic heterocycles. The summed E-state index contributed by atoms with van der Waals surface area (Å²) in [7, 11) is 1.65. The molecule has 108 valence electrons. The Morgan fingerprint density at radius 3 is 2.70 bits per heavy atom. The second kappa shape index (κ2) is 7.67. The van der Waals surface area contributed by atoms with E-state index in [-0.39, 0.29) is 0 Å². The van der Waals surface area contributed by atoms with E-state index in [0.29, 0.717) is 13.2 Å². The van der Waals surface area contributed by atoms with E-state index in [0.717, 1.165) is 35.9 Å². The Kier molecular flexibility index (Phi) is 5.58. The van der Waals surface area contributed by atoms with E-state index in [4.69, 9.17) is 14.0 Å². The zero-order valence-electron chi connectivity index (χ0n) is 11.9. The molecule has 1 aromatic heterocycles. The first kappa shape index (κ1) is 14.6. The molecular formula is C15H20N2O3. The third kappa shape index (κ3) is 4.36. The Labute approximate surface area is 118 Å². The number of ether oxygens (including phenoxy) is 2. The first-order valence-electron chi connectivity index (χ1n) is 6.67. The summed E-state index contributed by atoms with van der Waals surface area (Å²) in [5, 5.41) is 7.16. The van der Waals surface area contributed by atoms with Gasteiger partial charge in [-0.15, -0.1) is 0 Å². The topological polar surface area (TPSA) is 56.5 Å². The van der Waals surface area contributed by atoms with Crippen molar-refractivity contribution in [3.8, 4) is 5.75 Å². The number of methoxy groups -OCH3 is 1. The van der Waals surface area contributed by atoms with Gasteiger partial charge in [0, 0.05) is 12.6 Å².